The molecule has 0 saturated heterocycles. The quantitative estimate of drug-likeness (QED) is 0.923. The van der Waals surface area contributed by atoms with Crippen LogP contribution in [0.4, 0.5) is 0 Å². The number of hydrogen-bond acceptors (Lipinski definition) is 3. The summed E-state index contributed by atoms with van der Waals surface area (Å²) in [5.74, 6) is -0.701. The predicted octanol–water partition coefficient (Wildman–Crippen LogP) is 2.34. The van der Waals surface area contributed by atoms with Gasteiger partial charge in [0.2, 0.25) is 0 Å². The molecule has 0 spiro atoms. The lowest BCUT2D eigenvalue weighted by atomic mass is 10.2. The summed E-state index contributed by atoms with van der Waals surface area (Å²) in [5.41, 5.74) is 1.79. The zero-order valence-corrected chi connectivity index (χ0v) is 10.9. The number of aromatic carboxylic acids is 1. The molecule has 2 aromatic heterocycles. The molecule has 0 bridgehead atoms. The first-order chi connectivity index (χ1) is 7.99. The highest BCUT2D eigenvalue weighted by Gasteiger charge is 2.16. The van der Waals surface area contributed by atoms with Gasteiger partial charge in [-0.3, -0.25) is 0 Å². The average Bonchev–Trinajstić information content (AvgIpc) is 2.57. The highest BCUT2D eigenvalue weighted by atomic mass is 79.9. The van der Waals surface area contributed by atoms with Crippen LogP contribution in [0.1, 0.15) is 21.7 Å². The Kier molecular flexibility index (Phi) is 2.97. The van der Waals surface area contributed by atoms with E-state index in [4.69, 9.17) is 5.11 Å². The highest BCUT2D eigenvalue weighted by molar-refractivity contribution is 9.10. The second-order valence-electron chi connectivity index (χ2n) is 3.67. The first-order valence-electron chi connectivity index (χ1n) is 4.91. The van der Waals surface area contributed by atoms with Gasteiger partial charge in [-0.25, -0.2) is 14.5 Å². The zero-order chi connectivity index (χ0) is 12.6. The van der Waals surface area contributed by atoms with Crippen LogP contribution in [-0.2, 0) is 0 Å². The smallest absolute Gasteiger partial charge is 0.339 e. The van der Waals surface area contributed by atoms with Crippen molar-refractivity contribution in [3.63, 3.8) is 0 Å². The molecule has 6 heteroatoms. The maximum Gasteiger partial charge on any atom is 0.339 e. The van der Waals surface area contributed by atoms with Crippen LogP contribution in [-0.4, -0.2) is 25.8 Å². The number of nitrogens with zero attached hydrogens (tertiary/aromatic N) is 3. The summed E-state index contributed by atoms with van der Waals surface area (Å²) in [6.45, 7) is 3.71. The Bertz CT molecular complexity index is 592. The van der Waals surface area contributed by atoms with Crippen molar-refractivity contribution in [2.24, 2.45) is 0 Å². The number of carboxylic acids is 1. The van der Waals surface area contributed by atoms with E-state index in [1.165, 1.54) is 10.7 Å². The molecule has 1 N–H and O–H groups in total. The third-order valence-corrected chi connectivity index (χ3v) is 2.71. The number of aryl methyl sites for hydroxylation is 2. The van der Waals surface area contributed by atoms with Gasteiger partial charge in [-0.1, -0.05) is 0 Å². The van der Waals surface area contributed by atoms with E-state index < -0.39 is 5.97 Å². The summed E-state index contributed by atoms with van der Waals surface area (Å²) < 4.78 is 2.16. The molecule has 2 aromatic rings. The average molecular weight is 296 g/mol. The van der Waals surface area contributed by atoms with Gasteiger partial charge in [0.25, 0.3) is 0 Å². The first kappa shape index (κ1) is 11.8. The van der Waals surface area contributed by atoms with E-state index in [2.05, 4.69) is 26.0 Å². The van der Waals surface area contributed by atoms with Crippen LogP contribution in [0.5, 0.6) is 0 Å². The van der Waals surface area contributed by atoms with Crippen molar-refractivity contribution in [1.29, 1.82) is 0 Å². The minimum absolute atomic E-state index is 0.116. The summed E-state index contributed by atoms with van der Waals surface area (Å²) in [6.07, 6.45) is 1.55. The molecule has 0 saturated carbocycles. The van der Waals surface area contributed by atoms with Gasteiger partial charge in [0, 0.05) is 16.4 Å². The molecule has 0 aliphatic rings. The molecule has 2 heterocycles. The lowest BCUT2D eigenvalue weighted by Crippen LogP contribution is -2.10. The third-order valence-electron chi connectivity index (χ3n) is 2.27. The van der Waals surface area contributed by atoms with E-state index in [-0.39, 0.29) is 5.56 Å². The number of aromatic nitrogens is 3. The molecule has 0 radical (unpaired) electrons. The topological polar surface area (TPSA) is 68.0 Å². The van der Waals surface area contributed by atoms with Crippen LogP contribution in [0, 0.1) is 13.8 Å². The molecule has 0 aliphatic heterocycles. The minimum atomic E-state index is -1.03. The van der Waals surface area contributed by atoms with E-state index in [1.807, 2.05) is 19.9 Å². The Morgan fingerprint density at radius 2 is 2.12 bits per heavy atom. The fourth-order valence-electron chi connectivity index (χ4n) is 1.60. The molecule has 0 amide bonds. The Morgan fingerprint density at radius 3 is 2.65 bits per heavy atom. The molecule has 0 aliphatic carbocycles. The normalized spacial score (nSPS) is 10.5. The van der Waals surface area contributed by atoms with Gasteiger partial charge in [0.05, 0.1) is 5.69 Å². The maximum absolute atomic E-state index is 11.2. The van der Waals surface area contributed by atoms with E-state index in [1.54, 1.807) is 6.20 Å². The Hall–Kier alpha value is -1.69. The van der Waals surface area contributed by atoms with Gasteiger partial charge < -0.3 is 5.11 Å². The lowest BCUT2D eigenvalue weighted by molar-refractivity contribution is 0.0696. The van der Waals surface area contributed by atoms with Gasteiger partial charge in [-0.05, 0) is 41.9 Å². The van der Waals surface area contributed by atoms with Crippen LogP contribution in [0.15, 0.2) is 22.8 Å². The summed E-state index contributed by atoms with van der Waals surface area (Å²) in [5, 5.41) is 13.4. The molecule has 5 nitrogen and oxygen atoms in total. The third kappa shape index (κ3) is 2.21. The van der Waals surface area contributed by atoms with Crippen LogP contribution in [0.25, 0.3) is 5.82 Å². The number of carbonyl (C=O) groups is 1. The Labute approximate surface area is 106 Å². The molecule has 0 atom stereocenters. The molecular weight excluding hydrogens is 286 g/mol. The second kappa shape index (κ2) is 4.29. The molecule has 0 fully saturated rings. The Morgan fingerprint density at radius 1 is 1.41 bits per heavy atom. The number of rotatable bonds is 2. The predicted molar refractivity (Wildman–Crippen MR) is 65.5 cm³/mol. The van der Waals surface area contributed by atoms with Crippen molar-refractivity contribution in [3.8, 4) is 5.82 Å². The van der Waals surface area contributed by atoms with Crippen molar-refractivity contribution in [2.45, 2.75) is 13.8 Å². The van der Waals surface area contributed by atoms with E-state index in [9.17, 15) is 4.79 Å². The van der Waals surface area contributed by atoms with Crippen molar-refractivity contribution in [2.75, 3.05) is 0 Å². The van der Waals surface area contributed by atoms with Gasteiger partial charge in [0.15, 0.2) is 5.82 Å². The van der Waals surface area contributed by atoms with Crippen molar-refractivity contribution < 1.29 is 9.90 Å². The minimum Gasteiger partial charge on any atom is -0.478 e. The van der Waals surface area contributed by atoms with E-state index in [0.29, 0.717) is 10.3 Å². The van der Waals surface area contributed by atoms with Gasteiger partial charge in [-0.2, -0.15) is 5.10 Å². The standard InChI is InChI=1S/C11H10BrN3O2/c1-6-3-7(2)15(14-6)10-9(11(16)17)4-8(12)5-13-10/h3-5H,1-2H3,(H,16,17). The van der Waals surface area contributed by atoms with E-state index in [0.717, 1.165) is 11.4 Å². The van der Waals surface area contributed by atoms with Crippen LogP contribution in [0.3, 0.4) is 0 Å². The fraction of sp³-hybridized carbons (Fsp3) is 0.182. The number of halogens is 1. The van der Waals surface area contributed by atoms with Crippen LogP contribution >= 0.6 is 15.9 Å². The zero-order valence-electron chi connectivity index (χ0n) is 9.31. The molecule has 0 aromatic carbocycles. The van der Waals surface area contributed by atoms with Gasteiger partial charge in [0.1, 0.15) is 5.56 Å². The summed E-state index contributed by atoms with van der Waals surface area (Å²) in [4.78, 5) is 15.3. The summed E-state index contributed by atoms with van der Waals surface area (Å²) >= 11 is 3.21. The first-order valence-corrected chi connectivity index (χ1v) is 5.71. The SMILES string of the molecule is Cc1cc(C)n(-c2ncc(Br)cc2C(=O)O)n1. The van der Waals surface area contributed by atoms with Crippen molar-refractivity contribution >= 4 is 21.9 Å². The lowest BCUT2D eigenvalue weighted by Gasteiger charge is -2.07. The fourth-order valence-corrected chi connectivity index (χ4v) is 1.93. The van der Waals surface area contributed by atoms with Crippen molar-refractivity contribution in [1.82, 2.24) is 14.8 Å². The molecule has 17 heavy (non-hydrogen) atoms. The van der Waals surface area contributed by atoms with Crippen LogP contribution in [0.2, 0.25) is 0 Å². The Balaban J connectivity index is 2.67. The number of pyridine rings is 1. The molecule has 88 valence electrons. The summed E-state index contributed by atoms with van der Waals surface area (Å²) in [7, 11) is 0. The molecular formula is C11H10BrN3O2. The van der Waals surface area contributed by atoms with Gasteiger partial charge in [-0.15, -0.1) is 0 Å². The molecule has 0 unspecified atom stereocenters. The number of carboxylic acid groups (broad SMARTS) is 1. The number of hydrogen-bond donors (Lipinski definition) is 1. The largest absolute Gasteiger partial charge is 0.478 e. The maximum atomic E-state index is 11.2. The monoisotopic (exact) mass is 295 g/mol. The summed E-state index contributed by atoms with van der Waals surface area (Å²) in [6, 6.07) is 3.39. The second-order valence-corrected chi connectivity index (χ2v) is 4.58. The van der Waals surface area contributed by atoms with Crippen molar-refractivity contribution in [3.05, 3.63) is 39.8 Å². The van der Waals surface area contributed by atoms with Crippen LogP contribution < -0.4 is 0 Å². The van der Waals surface area contributed by atoms with E-state index >= 15 is 0 Å². The highest BCUT2D eigenvalue weighted by Crippen LogP contribution is 2.18. The molecule has 2 rings (SSSR count). The van der Waals surface area contributed by atoms with Gasteiger partial charge >= 0.3 is 5.97 Å².